The fourth-order valence-electron chi connectivity index (χ4n) is 4.18. The van der Waals surface area contributed by atoms with Crippen LogP contribution in [-0.4, -0.2) is 29.0 Å². The van der Waals surface area contributed by atoms with Gasteiger partial charge in [-0.25, -0.2) is 9.59 Å². The van der Waals surface area contributed by atoms with Crippen molar-refractivity contribution in [2.75, 3.05) is 0 Å². The van der Waals surface area contributed by atoms with Crippen LogP contribution in [-0.2, 0) is 19.3 Å². The van der Waals surface area contributed by atoms with Gasteiger partial charge in [0.05, 0.1) is 23.0 Å². The molecule has 2 aliphatic carbocycles. The molecule has 31 heavy (non-hydrogen) atoms. The second kappa shape index (κ2) is 8.43. The fourth-order valence-corrected chi connectivity index (χ4v) is 4.18. The van der Waals surface area contributed by atoms with Crippen LogP contribution in [0.3, 0.4) is 0 Å². The van der Waals surface area contributed by atoms with Crippen LogP contribution >= 0.6 is 0 Å². The summed E-state index contributed by atoms with van der Waals surface area (Å²) in [5.74, 6) is -5.30. The summed E-state index contributed by atoms with van der Waals surface area (Å²) in [6, 6.07) is 15.9. The zero-order valence-electron chi connectivity index (χ0n) is 16.4. The van der Waals surface area contributed by atoms with E-state index < -0.39 is 35.6 Å². The molecule has 2 aromatic carbocycles. The minimum atomic E-state index is -0.889. The van der Waals surface area contributed by atoms with Crippen molar-refractivity contribution in [3.63, 3.8) is 0 Å². The third kappa shape index (κ3) is 4.05. The molecule has 0 saturated heterocycles. The van der Waals surface area contributed by atoms with Crippen LogP contribution in [0.5, 0.6) is 0 Å². The molecule has 0 spiro atoms. The maximum absolute atomic E-state index is 13.3. The van der Waals surface area contributed by atoms with Crippen molar-refractivity contribution in [2.45, 2.75) is 6.42 Å². The Morgan fingerprint density at radius 2 is 1.19 bits per heavy atom. The summed E-state index contributed by atoms with van der Waals surface area (Å²) in [6.07, 6.45) is 4.28. The molecular formula is C23H20N2O6. The normalized spacial score (nSPS) is 23.2. The van der Waals surface area contributed by atoms with E-state index in [0.717, 1.165) is 0 Å². The van der Waals surface area contributed by atoms with Crippen molar-refractivity contribution in [1.29, 1.82) is 0 Å². The number of amides is 2. The highest BCUT2D eigenvalue weighted by Gasteiger charge is 2.53. The molecule has 0 aliphatic heterocycles. The molecule has 2 bridgehead atoms. The van der Waals surface area contributed by atoms with Crippen LogP contribution in [0.4, 0.5) is 0 Å². The molecule has 158 valence electrons. The van der Waals surface area contributed by atoms with E-state index in [2.05, 4.69) is 0 Å². The molecule has 2 aromatic rings. The van der Waals surface area contributed by atoms with Gasteiger partial charge in [-0.05, 0) is 42.5 Å². The number of carbonyl (C=O) groups excluding carboxylic acids is 4. The number of hydroxylamine groups is 2. The number of nitrogens with zero attached hydrogens (tertiary/aromatic N) is 1. The fraction of sp³-hybridized carbons (Fsp3) is 0.217. The summed E-state index contributed by atoms with van der Waals surface area (Å²) in [5.41, 5.74) is 5.86. The highest BCUT2D eigenvalue weighted by molar-refractivity contribution is 5.94. The third-order valence-corrected chi connectivity index (χ3v) is 5.60. The molecule has 0 heterocycles. The van der Waals surface area contributed by atoms with E-state index in [9.17, 15) is 19.2 Å². The predicted octanol–water partition coefficient (Wildman–Crippen LogP) is 2.28. The molecule has 4 unspecified atom stereocenters. The van der Waals surface area contributed by atoms with E-state index in [-0.39, 0.29) is 23.0 Å². The first-order chi connectivity index (χ1) is 15.0. The summed E-state index contributed by atoms with van der Waals surface area (Å²) >= 11 is 0. The summed E-state index contributed by atoms with van der Waals surface area (Å²) < 4.78 is 0. The van der Waals surface area contributed by atoms with Crippen LogP contribution in [0, 0.1) is 23.7 Å². The molecule has 2 amide bonds. The first kappa shape index (κ1) is 20.3. The molecule has 8 nitrogen and oxygen atoms in total. The Kier molecular flexibility index (Phi) is 5.53. The molecule has 8 heteroatoms. The van der Waals surface area contributed by atoms with Crippen molar-refractivity contribution < 1.29 is 28.9 Å². The van der Waals surface area contributed by atoms with E-state index in [4.69, 9.17) is 15.4 Å². The molecule has 1 saturated carbocycles. The molecule has 0 radical (unpaired) electrons. The molecule has 1 fully saturated rings. The first-order valence-corrected chi connectivity index (χ1v) is 9.82. The second-order valence-corrected chi connectivity index (χ2v) is 7.49. The maximum Gasteiger partial charge on any atom is 0.367 e. The zero-order valence-corrected chi connectivity index (χ0v) is 16.4. The van der Waals surface area contributed by atoms with Gasteiger partial charge < -0.3 is 5.73 Å². The Morgan fingerprint density at radius 3 is 1.65 bits per heavy atom. The number of hydrogen-bond acceptors (Lipinski definition) is 6. The molecule has 0 aromatic heterocycles. The van der Waals surface area contributed by atoms with Crippen LogP contribution < -0.4 is 5.73 Å². The predicted molar refractivity (Wildman–Crippen MR) is 107 cm³/mol. The lowest BCUT2D eigenvalue weighted by molar-refractivity contribution is -0.283. The van der Waals surface area contributed by atoms with Gasteiger partial charge >= 0.3 is 17.8 Å². The van der Waals surface area contributed by atoms with E-state index >= 15 is 0 Å². The SMILES string of the molecule is NC(=O)C1C2C=CC(C2)C1C(=O)N(OC(=O)c1ccccc1)OC(=O)c1ccccc1. The highest BCUT2D eigenvalue weighted by Crippen LogP contribution is 2.48. The Labute approximate surface area is 178 Å². The average Bonchev–Trinajstić information content (AvgIpc) is 3.41. The lowest BCUT2D eigenvalue weighted by atomic mass is 9.82. The molecule has 4 atom stereocenters. The van der Waals surface area contributed by atoms with Gasteiger partial charge in [0.1, 0.15) is 0 Å². The van der Waals surface area contributed by atoms with Gasteiger partial charge in [0, 0.05) is 5.23 Å². The minimum absolute atomic E-state index is 0.162. The average molecular weight is 420 g/mol. The van der Waals surface area contributed by atoms with Gasteiger partial charge in [-0.3, -0.25) is 19.3 Å². The molecule has 2 aliphatic rings. The summed E-state index contributed by atoms with van der Waals surface area (Å²) in [6.45, 7) is 0. The Balaban J connectivity index is 1.60. The number of allylic oxidation sites excluding steroid dienone is 2. The number of benzene rings is 2. The first-order valence-electron chi connectivity index (χ1n) is 9.82. The number of rotatable bonds is 4. The third-order valence-electron chi connectivity index (χ3n) is 5.60. The van der Waals surface area contributed by atoms with E-state index in [1.807, 2.05) is 12.2 Å². The lowest BCUT2D eigenvalue weighted by Crippen LogP contribution is -2.46. The monoisotopic (exact) mass is 420 g/mol. The zero-order chi connectivity index (χ0) is 22.0. The summed E-state index contributed by atoms with van der Waals surface area (Å²) in [5, 5.41) is 0.291. The number of hydrogen-bond donors (Lipinski definition) is 1. The minimum Gasteiger partial charge on any atom is -0.369 e. The topological polar surface area (TPSA) is 116 Å². The van der Waals surface area contributed by atoms with E-state index in [0.29, 0.717) is 11.6 Å². The van der Waals surface area contributed by atoms with Gasteiger partial charge in [0.2, 0.25) is 5.91 Å². The Hall–Kier alpha value is -3.94. The molecule has 4 rings (SSSR count). The van der Waals surface area contributed by atoms with Crippen LogP contribution in [0.25, 0.3) is 0 Å². The second-order valence-electron chi connectivity index (χ2n) is 7.49. The number of fused-ring (bicyclic) bond motifs is 2. The van der Waals surface area contributed by atoms with Crippen molar-refractivity contribution in [1.82, 2.24) is 5.23 Å². The van der Waals surface area contributed by atoms with E-state index in [1.165, 1.54) is 24.3 Å². The molecular weight excluding hydrogens is 400 g/mol. The maximum atomic E-state index is 13.3. The van der Waals surface area contributed by atoms with Crippen molar-refractivity contribution >= 4 is 23.8 Å². The van der Waals surface area contributed by atoms with Gasteiger partial charge in [-0.1, -0.05) is 48.6 Å². The largest absolute Gasteiger partial charge is 0.369 e. The lowest BCUT2D eigenvalue weighted by Gasteiger charge is -2.28. The Bertz CT molecular complexity index is 983. The number of carbonyl (C=O) groups is 4. The van der Waals surface area contributed by atoms with Gasteiger partial charge in [0.15, 0.2) is 0 Å². The van der Waals surface area contributed by atoms with Gasteiger partial charge in [0.25, 0.3) is 0 Å². The molecule has 2 N–H and O–H groups in total. The number of nitrogens with two attached hydrogens (primary N) is 1. The van der Waals surface area contributed by atoms with Crippen molar-refractivity contribution in [3.8, 4) is 0 Å². The summed E-state index contributed by atoms with van der Waals surface area (Å²) in [7, 11) is 0. The number of primary amides is 1. The summed E-state index contributed by atoms with van der Waals surface area (Å²) in [4.78, 5) is 60.8. The Morgan fingerprint density at radius 1 is 0.742 bits per heavy atom. The van der Waals surface area contributed by atoms with Crippen LogP contribution in [0.15, 0.2) is 72.8 Å². The van der Waals surface area contributed by atoms with E-state index in [1.54, 1.807) is 36.4 Å². The van der Waals surface area contributed by atoms with Crippen molar-refractivity contribution in [3.05, 3.63) is 83.9 Å². The van der Waals surface area contributed by atoms with Gasteiger partial charge in [-0.15, -0.1) is 0 Å². The van der Waals surface area contributed by atoms with Crippen LogP contribution in [0.1, 0.15) is 27.1 Å². The standard InChI is InChI=1S/C23H20N2O6/c24-20(26)18-16-11-12-17(13-16)19(18)21(27)25(30-22(28)14-7-3-1-4-8-14)31-23(29)15-9-5-2-6-10-15/h1-12,16-19H,13H2,(H2,24,26). The quantitative estimate of drug-likeness (QED) is 0.599. The van der Waals surface area contributed by atoms with Crippen molar-refractivity contribution in [2.24, 2.45) is 29.4 Å². The highest BCUT2D eigenvalue weighted by atomic mass is 17.0. The smallest absolute Gasteiger partial charge is 0.367 e. The van der Waals surface area contributed by atoms with Gasteiger partial charge in [-0.2, -0.15) is 0 Å². The van der Waals surface area contributed by atoms with Crippen LogP contribution in [0.2, 0.25) is 0 Å².